The van der Waals surface area contributed by atoms with E-state index < -0.39 is 0 Å². The third-order valence-electron chi connectivity index (χ3n) is 4.29. The van der Waals surface area contributed by atoms with Gasteiger partial charge in [0.05, 0.1) is 11.7 Å². The minimum Gasteiger partial charge on any atom is -0.396 e. The van der Waals surface area contributed by atoms with Crippen molar-refractivity contribution in [1.82, 2.24) is 19.1 Å². The molecule has 0 aliphatic carbocycles. The molecule has 23 heavy (non-hydrogen) atoms. The van der Waals surface area contributed by atoms with Crippen molar-refractivity contribution in [3.8, 4) is 0 Å². The van der Waals surface area contributed by atoms with E-state index in [0.717, 1.165) is 27.9 Å². The van der Waals surface area contributed by atoms with Crippen molar-refractivity contribution < 1.29 is 5.11 Å². The molecule has 0 saturated carbocycles. The Morgan fingerprint density at radius 1 is 1.22 bits per heavy atom. The van der Waals surface area contributed by atoms with Gasteiger partial charge in [0.2, 0.25) is 0 Å². The van der Waals surface area contributed by atoms with Crippen molar-refractivity contribution in [2.45, 2.75) is 33.4 Å². The SMILES string of the molecule is Cc1c(C)n(Cc2ccncc2)c2ncn(CCCO)c(=N)c12. The van der Waals surface area contributed by atoms with Crippen LogP contribution in [0.25, 0.3) is 11.0 Å². The Hall–Kier alpha value is -2.47. The van der Waals surface area contributed by atoms with Gasteiger partial charge in [0.25, 0.3) is 0 Å². The maximum atomic E-state index is 8.99. The van der Waals surface area contributed by atoms with Gasteiger partial charge in [-0.1, -0.05) is 0 Å². The lowest BCUT2D eigenvalue weighted by Crippen LogP contribution is -2.21. The Labute approximate surface area is 134 Å². The fourth-order valence-electron chi connectivity index (χ4n) is 2.86. The van der Waals surface area contributed by atoms with Gasteiger partial charge in [-0.2, -0.15) is 0 Å². The van der Waals surface area contributed by atoms with Gasteiger partial charge < -0.3 is 14.2 Å². The first-order valence-electron chi connectivity index (χ1n) is 7.72. The lowest BCUT2D eigenvalue weighted by atomic mass is 10.2. The zero-order chi connectivity index (χ0) is 16.4. The van der Waals surface area contributed by atoms with E-state index in [9.17, 15) is 0 Å². The predicted octanol–water partition coefficient (Wildman–Crippen LogP) is 1.76. The van der Waals surface area contributed by atoms with Crippen LogP contribution in [-0.2, 0) is 13.1 Å². The summed E-state index contributed by atoms with van der Waals surface area (Å²) in [6, 6.07) is 3.99. The molecule has 0 saturated heterocycles. The molecule has 0 fully saturated rings. The molecule has 0 bridgehead atoms. The molecule has 3 aromatic heterocycles. The second-order valence-corrected chi connectivity index (χ2v) is 5.71. The van der Waals surface area contributed by atoms with E-state index in [1.165, 1.54) is 0 Å². The van der Waals surface area contributed by atoms with Crippen LogP contribution in [0.4, 0.5) is 0 Å². The molecule has 0 radical (unpaired) electrons. The fraction of sp³-hybridized carbons (Fsp3) is 0.353. The average molecular weight is 311 g/mol. The molecule has 3 aromatic rings. The van der Waals surface area contributed by atoms with E-state index in [1.807, 2.05) is 19.1 Å². The number of fused-ring (bicyclic) bond motifs is 1. The molecule has 6 heteroatoms. The van der Waals surface area contributed by atoms with E-state index in [2.05, 4.69) is 21.5 Å². The highest BCUT2D eigenvalue weighted by Gasteiger charge is 2.15. The van der Waals surface area contributed by atoms with Crippen LogP contribution in [0.2, 0.25) is 0 Å². The summed E-state index contributed by atoms with van der Waals surface area (Å²) >= 11 is 0. The van der Waals surface area contributed by atoms with E-state index >= 15 is 0 Å². The third-order valence-corrected chi connectivity index (χ3v) is 4.29. The van der Waals surface area contributed by atoms with Crippen LogP contribution < -0.4 is 5.49 Å². The summed E-state index contributed by atoms with van der Waals surface area (Å²) in [6.45, 7) is 5.54. The first-order chi connectivity index (χ1) is 11.1. The summed E-state index contributed by atoms with van der Waals surface area (Å²) in [7, 11) is 0. The number of aromatic nitrogens is 4. The highest BCUT2D eigenvalue weighted by Crippen LogP contribution is 2.21. The maximum Gasteiger partial charge on any atom is 0.146 e. The number of nitrogens with one attached hydrogen (secondary N) is 1. The van der Waals surface area contributed by atoms with Crippen molar-refractivity contribution in [2.24, 2.45) is 0 Å². The zero-order valence-electron chi connectivity index (χ0n) is 13.5. The number of aliphatic hydroxyl groups is 1. The largest absolute Gasteiger partial charge is 0.396 e. The smallest absolute Gasteiger partial charge is 0.146 e. The van der Waals surface area contributed by atoms with Crippen molar-refractivity contribution in [2.75, 3.05) is 6.61 Å². The Bertz CT molecular complexity index is 879. The van der Waals surface area contributed by atoms with Gasteiger partial charge in [0.1, 0.15) is 11.1 Å². The second-order valence-electron chi connectivity index (χ2n) is 5.71. The van der Waals surface area contributed by atoms with Gasteiger partial charge in [0, 0.05) is 37.8 Å². The average Bonchev–Trinajstić information content (AvgIpc) is 2.81. The molecule has 0 aromatic carbocycles. The molecule has 0 amide bonds. The summed E-state index contributed by atoms with van der Waals surface area (Å²) in [5, 5.41) is 18.3. The molecule has 3 rings (SSSR count). The summed E-state index contributed by atoms with van der Waals surface area (Å²) < 4.78 is 3.94. The Balaban J connectivity index is 2.11. The third kappa shape index (κ3) is 2.77. The van der Waals surface area contributed by atoms with Crippen LogP contribution >= 0.6 is 0 Å². The van der Waals surface area contributed by atoms with E-state index in [0.29, 0.717) is 25.0 Å². The Morgan fingerprint density at radius 2 is 1.96 bits per heavy atom. The van der Waals surface area contributed by atoms with Crippen LogP contribution in [-0.4, -0.2) is 30.8 Å². The van der Waals surface area contributed by atoms with Crippen molar-refractivity contribution in [3.05, 3.63) is 53.2 Å². The predicted molar refractivity (Wildman–Crippen MR) is 88.1 cm³/mol. The monoisotopic (exact) mass is 311 g/mol. The normalized spacial score (nSPS) is 11.3. The Kier molecular flexibility index (Phi) is 4.25. The van der Waals surface area contributed by atoms with E-state index in [-0.39, 0.29) is 6.61 Å². The lowest BCUT2D eigenvalue weighted by molar-refractivity contribution is 0.278. The Morgan fingerprint density at radius 3 is 2.65 bits per heavy atom. The highest BCUT2D eigenvalue weighted by molar-refractivity contribution is 5.80. The summed E-state index contributed by atoms with van der Waals surface area (Å²) in [4.78, 5) is 8.63. The molecular weight excluding hydrogens is 290 g/mol. The molecule has 2 N–H and O–H groups in total. The summed E-state index contributed by atoms with van der Waals surface area (Å²) in [6.07, 6.45) is 5.90. The molecule has 0 unspecified atom stereocenters. The first kappa shape index (κ1) is 15.4. The zero-order valence-corrected chi connectivity index (χ0v) is 13.5. The number of aryl methyl sites for hydroxylation is 2. The number of hydrogen-bond acceptors (Lipinski definition) is 4. The number of pyridine rings is 1. The van der Waals surface area contributed by atoms with Crippen LogP contribution in [0, 0.1) is 19.3 Å². The molecular formula is C17H21N5O. The molecule has 0 spiro atoms. The quantitative estimate of drug-likeness (QED) is 0.753. The second kappa shape index (κ2) is 6.34. The minimum atomic E-state index is 0.117. The van der Waals surface area contributed by atoms with Gasteiger partial charge in [0.15, 0.2) is 0 Å². The molecule has 0 aliphatic rings. The maximum absolute atomic E-state index is 8.99. The fourth-order valence-corrected chi connectivity index (χ4v) is 2.86. The van der Waals surface area contributed by atoms with Crippen molar-refractivity contribution >= 4 is 11.0 Å². The van der Waals surface area contributed by atoms with Crippen molar-refractivity contribution in [3.63, 3.8) is 0 Å². The van der Waals surface area contributed by atoms with Crippen LogP contribution in [0.3, 0.4) is 0 Å². The molecule has 6 nitrogen and oxygen atoms in total. The highest BCUT2D eigenvalue weighted by atomic mass is 16.3. The minimum absolute atomic E-state index is 0.117. The topological polar surface area (TPSA) is 79.7 Å². The van der Waals surface area contributed by atoms with Gasteiger partial charge in [-0.3, -0.25) is 10.4 Å². The molecule has 0 aliphatic heterocycles. The number of aliphatic hydroxyl groups excluding tert-OH is 1. The molecule has 0 atom stereocenters. The summed E-state index contributed by atoms with van der Waals surface area (Å²) in [5.41, 5.74) is 4.66. The number of nitrogens with zero attached hydrogens (tertiary/aromatic N) is 4. The van der Waals surface area contributed by atoms with Gasteiger partial charge in [-0.15, -0.1) is 0 Å². The molecule has 120 valence electrons. The van der Waals surface area contributed by atoms with Gasteiger partial charge in [-0.05, 0) is 43.5 Å². The lowest BCUT2D eigenvalue weighted by Gasteiger charge is -2.09. The van der Waals surface area contributed by atoms with Crippen molar-refractivity contribution in [1.29, 1.82) is 5.41 Å². The van der Waals surface area contributed by atoms with E-state index in [4.69, 9.17) is 10.5 Å². The standard InChI is InChI=1S/C17H21N5O/c1-12-13(2)22(10-14-4-6-19-7-5-14)17-15(12)16(18)21(11-20-17)8-3-9-23/h4-7,11,18,23H,3,8-10H2,1-2H3. The van der Waals surface area contributed by atoms with E-state index in [1.54, 1.807) is 23.3 Å². The first-order valence-corrected chi connectivity index (χ1v) is 7.72. The van der Waals surface area contributed by atoms with Gasteiger partial charge >= 0.3 is 0 Å². The number of hydrogen-bond donors (Lipinski definition) is 2. The van der Waals surface area contributed by atoms with Gasteiger partial charge in [-0.25, -0.2) is 4.98 Å². The number of rotatable bonds is 5. The summed E-state index contributed by atoms with van der Waals surface area (Å²) in [5.74, 6) is 0. The molecule has 3 heterocycles. The van der Waals surface area contributed by atoms with Crippen LogP contribution in [0.1, 0.15) is 23.2 Å². The van der Waals surface area contributed by atoms with Crippen LogP contribution in [0.5, 0.6) is 0 Å². The van der Waals surface area contributed by atoms with Crippen LogP contribution in [0.15, 0.2) is 30.9 Å².